The Hall–Kier alpha value is -1.42. The van der Waals surface area contributed by atoms with E-state index in [1.165, 1.54) is 38.2 Å². The number of nitrogens with zero attached hydrogens (tertiary/aromatic N) is 1. The molecular weight excluding hydrogens is 253 g/mol. The van der Waals surface area contributed by atoms with Crippen molar-refractivity contribution in [3.05, 3.63) is 35.1 Å². The quantitative estimate of drug-likeness (QED) is 0.641. The van der Waals surface area contributed by atoms with Crippen molar-refractivity contribution in [1.82, 2.24) is 4.90 Å². The van der Waals surface area contributed by atoms with Gasteiger partial charge < -0.3 is 5.73 Å². The van der Waals surface area contributed by atoms with Crippen LogP contribution in [0.4, 0.5) is 4.39 Å². The van der Waals surface area contributed by atoms with Crippen molar-refractivity contribution in [1.29, 1.82) is 5.41 Å². The van der Waals surface area contributed by atoms with Gasteiger partial charge >= 0.3 is 0 Å². The molecule has 3 N–H and O–H groups in total. The van der Waals surface area contributed by atoms with E-state index in [1.807, 2.05) is 6.07 Å². The second kappa shape index (κ2) is 6.84. The first-order chi connectivity index (χ1) is 9.60. The number of rotatable bonds is 5. The molecule has 0 amide bonds. The Bertz CT molecular complexity index is 467. The Kier molecular flexibility index (Phi) is 5.12. The average molecular weight is 277 g/mol. The standard InChI is InChI=1S/C16H24FN3/c1-2-20(15-6-4-3-5-7-15)11-12-8-13(16(18)19)10-14(17)9-12/h8-10,15H,2-7,11H2,1H3,(H3,18,19). The molecule has 0 atom stereocenters. The number of nitrogen functional groups attached to an aromatic ring is 1. The van der Waals surface area contributed by atoms with Gasteiger partial charge in [0.25, 0.3) is 0 Å². The fraction of sp³-hybridized carbons (Fsp3) is 0.562. The predicted octanol–water partition coefficient (Wildman–Crippen LogP) is 3.26. The van der Waals surface area contributed by atoms with Gasteiger partial charge in [-0.25, -0.2) is 4.39 Å². The van der Waals surface area contributed by atoms with Crippen LogP contribution in [0.1, 0.15) is 50.2 Å². The summed E-state index contributed by atoms with van der Waals surface area (Å²) in [6, 6.07) is 5.31. The Morgan fingerprint density at radius 1 is 1.30 bits per heavy atom. The molecule has 0 bridgehead atoms. The zero-order valence-corrected chi connectivity index (χ0v) is 12.2. The van der Waals surface area contributed by atoms with Gasteiger partial charge in [0.2, 0.25) is 0 Å². The number of hydrogen-bond donors (Lipinski definition) is 2. The van der Waals surface area contributed by atoms with E-state index >= 15 is 0 Å². The second-order valence-electron chi connectivity index (χ2n) is 5.62. The Morgan fingerprint density at radius 2 is 2.00 bits per heavy atom. The van der Waals surface area contributed by atoms with E-state index in [9.17, 15) is 4.39 Å². The van der Waals surface area contributed by atoms with Crippen LogP contribution < -0.4 is 5.73 Å². The summed E-state index contributed by atoms with van der Waals surface area (Å²) in [7, 11) is 0. The molecular formula is C16H24FN3. The minimum atomic E-state index is -0.313. The van der Waals surface area contributed by atoms with Crippen molar-refractivity contribution < 1.29 is 4.39 Å². The van der Waals surface area contributed by atoms with Crippen molar-refractivity contribution in [3.8, 4) is 0 Å². The highest BCUT2D eigenvalue weighted by Crippen LogP contribution is 2.24. The predicted molar refractivity (Wildman–Crippen MR) is 80.4 cm³/mol. The maximum Gasteiger partial charge on any atom is 0.124 e. The van der Waals surface area contributed by atoms with Gasteiger partial charge in [-0.3, -0.25) is 10.3 Å². The van der Waals surface area contributed by atoms with Gasteiger partial charge in [0.1, 0.15) is 11.7 Å². The molecule has 1 aromatic rings. The lowest BCUT2D eigenvalue weighted by Gasteiger charge is -2.33. The molecule has 2 rings (SSSR count). The van der Waals surface area contributed by atoms with Crippen molar-refractivity contribution in [2.24, 2.45) is 5.73 Å². The van der Waals surface area contributed by atoms with Gasteiger partial charge in [0.05, 0.1) is 0 Å². The first kappa shape index (κ1) is 15.0. The van der Waals surface area contributed by atoms with E-state index in [0.29, 0.717) is 11.6 Å². The Labute approximate surface area is 120 Å². The van der Waals surface area contributed by atoms with E-state index in [4.69, 9.17) is 11.1 Å². The number of benzene rings is 1. The van der Waals surface area contributed by atoms with Gasteiger partial charge in [0, 0.05) is 18.2 Å². The molecule has 1 fully saturated rings. The largest absolute Gasteiger partial charge is 0.384 e. The molecule has 1 aliphatic carbocycles. The maximum atomic E-state index is 13.6. The Morgan fingerprint density at radius 3 is 2.60 bits per heavy atom. The summed E-state index contributed by atoms with van der Waals surface area (Å²) >= 11 is 0. The van der Waals surface area contributed by atoms with Gasteiger partial charge in [-0.2, -0.15) is 0 Å². The molecule has 1 aliphatic rings. The molecule has 1 saturated carbocycles. The highest BCUT2D eigenvalue weighted by molar-refractivity contribution is 5.95. The zero-order valence-electron chi connectivity index (χ0n) is 12.2. The highest BCUT2D eigenvalue weighted by Gasteiger charge is 2.20. The molecule has 0 unspecified atom stereocenters. The molecule has 1 aromatic carbocycles. The van der Waals surface area contributed by atoms with E-state index in [2.05, 4.69) is 11.8 Å². The van der Waals surface area contributed by atoms with E-state index in [-0.39, 0.29) is 11.7 Å². The monoisotopic (exact) mass is 277 g/mol. The first-order valence-electron chi connectivity index (χ1n) is 7.48. The van der Waals surface area contributed by atoms with Crippen LogP contribution in [0.25, 0.3) is 0 Å². The SMILES string of the molecule is CCN(Cc1cc(F)cc(C(=N)N)c1)C1CCCCC1. The maximum absolute atomic E-state index is 13.6. The van der Waals surface area contributed by atoms with Crippen LogP contribution in [0.5, 0.6) is 0 Å². The first-order valence-corrected chi connectivity index (χ1v) is 7.48. The molecule has 0 heterocycles. The molecule has 20 heavy (non-hydrogen) atoms. The van der Waals surface area contributed by atoms with Crippen LogP contribution in [0.3, 0.4) is 0 Å². The summed E-state index contributed by atoms with van der Waals surface area (Å²) < 4.78 is 13.6. The summed E-state index contributed by atoms with van der Waals surface area (Å²) in [6.45, 7) is 3.86. The fourth-order valence-electron chi connectivity index (χ4n) is 3.08. The van der Waals surface area contributed by atoms with Crippen LogP contribution in [0.15, 0.2) is 18.2 Å². The highest BCUT2D eigenvalue weighted by atomic mass is 19.1. The van der Waals surface area contributed by atoms with Gasteiger partial charge in [-0.1, -0.05) is 26.2 Å². The van der Waals surface area contributed by atoms with Gasteiger partial charge in [0.15, 0.2) is 0 Å². The molecule has 0 radical (unpaired) electrons. The van der Waals surface area contributed by atoms with Crippen molar-refractivity contribution in [2.45, 2.75) is 51.6 Å². The molecule has 0 aromatic heterocycles. The van der Waals surface area contributed by atoms with E-state index < -0.39 is 0 Å². The number of hydrogen-bond acceptors (Lipinski definition) is 2. The lowest BCUT2D eigenvalue weighted by Crippen LogP contribution is -2.36. The summed E-state index contributed by atoms with van der Waals surface area (Å²) in [6.07, 6.45) is 6.40. The van der Waals surface area contributed by atoms with Gasteiger partial charge in [-0.05, 0) is 43.1 Å². The summed E-state index contributed by atoms with van der Waals surface area (Å²) in [5.74, 6) is -0.390. The lowest BCUT2D eigenvalue weighted by atomic mass is 9.94. The van der Waals surface area contributed by atoms with E-state index in [1.54, 1.807) is 6.07 Å². The molecule has 0 aliphatic heterocycles. The van der Waals surface area contributed by atoms with Crippen molar-refractivity contribution >= 4 is 5.84 Å². The van der Waals surface area contributed by atoms with Crippen LogP contribution in [-0.2, 0) is 6.54 Å². The molecule has 0 saturated heterocycles. The molecule has 3 nitrogen and oxygen atoms in total. The minimum Gasteiger partial charge on any atom is -0.384 e. The van der Waals surface area contributed by atoms with Crippen LogP contribution >= 0.6 is 0 Å². The normalized spacial score (nSPS) is 16.6. The zero-order chi connectivity index (χ0) is 14.5. The third kappa shape index (κ3) is 3.79. The third-order valence-corrected chi connectivity index (χ3v) is 4.15. The van der Waals surface area contributed by atoms with Crippen molar-refractivity contribution in [3.63, 3.8) is 0 Å². The molecule has 0 spiro atoms. The molecule has 4 heteroatoms. The summed E-state index contributed by atoms with van der Waals surface area (Å²) in [5, 5.41) is 7.45. The van der Waals surface area contributed by atoms with Crippen LogP contribution in [0, 0.1) is 11.2 Å². The topological polar surface area (TPSA) is 53.1 Å². The average Bonchev–Trinajstić information content (AvgIpc) is 2.45. The van der Waals surface area contributed by atoms with Crippen molar-refractivity contribution in [2.75, 3.05) is 6.54 Å². The number of halogens is 1. The lowest BCUT2D eigenvalue weighted by molar-refractivity contribution is 0.156. The minimum absolute atomic E-state index is 0.0773. The number of amidine groups is 1. The third-order valence-electron chi connectivity index (χ3n) is 4.15. The van der Waals surface area contributed by atoms with Gasteiger partial charge in [-0.15, -0.1) is 0 Å². The number of nitrogens with two attached hydrogens (primary N) is 1. The summed E-state index contributed by atoms with van der Waals surface area (Å²) in [4.78, 5) is 2.41. The summed E-state index contributed by atoms with van der Waals surface area (Å²) in [5.41, 5.74) is 6.84. The van der Waals surface area contributed by atoms with Crippen LogP contribution in [0.2, 0.25) is 0 Å². The Balaban J connectivity index is 2.12. The molecule has 110 valence electrons. The smallest absolute Gasteiger partial charge is 0.124 e. The fourth-order valence-corrected chi connectivity index (χ4v) is 3.08. The number of nitrogens with one attached hydrogen (secondary N) is 1. The van der Waals surface area contributed by atoms with Crippen LogP contribution in [-0.4, -0.2) is 23.3 Å². The van der Waals surface area contributed by atoms with E-state index in [0.717, 1.165) is 18.7 Å². The second-order valence-corrected chi connectivity index (χ2v) is 5.62.